The van der Waals surface area contributed by atoms with E-state index < -0.39 is 34.4 Å². The summed E-state index contributed by atoms with van der Waals surface area (Å²) in [4.78, 5) is 51.9. The minimum atomic E-state index is -4.16. The number of likely N-dealkylation sites (tertiary alicyclic amines) is 1. The standard InChI is InChI=1S/C31H28FN3O7S/c1-19-6-9-22(10-7-19)43(40,41)42-18-29(37)34-21-8-11-25(26(32)16-21)31(39)35-14-12-20(13-15-35)33-27-17-28(36)23-4-2-3-5-24(23)30(27)38/h2-11,16-17,20,33H,12-15,18H2,1H3,(H,34,37). The van der Waals surface area contributed by atoms with Crippen molar-refractivity contribution < 1.29 is 36.2 Å². The average Bonchev–Trinajstić information content (AvgIpc) is 2.99. The second kappa shape index (κ2) is 12.3. The Morgan fingerprint density at radius 2 is 1.65 bits per heavy atom. The van der Waals surface area contributed by atoms with Gasteiger partial charge in [-0.25, -0.2) is 4.39 Å². The third-order valence-electron chi connectivity index (χ3n) is 7.24. The Labute approximate surface area is 247 Å². The molecule has 43 heavy (non-hydrogen) atoms. The van der Waals surface area contributed by atoms with Gasteiger partial charge < -0.3 is 15.5 Å². The minimum Gasteiger partial charge on any atom is -0.379 e. The Kier molecular flexibility index (Phi) is 8.51. The quantitative estimate of drug-likeness (QED) is 0.371. The lowest BCUT2D eigenvalue weighted by molar-refractivity contribution is -0.118. The number of aryl methyl sites for hydroxylation is 1. The highest BCUT2D eigenvalue weighted by Crippen LogP contribution is 2.23. The van der Waals surface area contributed by atoms with Crippen molar-refractivity contribution in [1.29, 1.82) is 0 Å². The third kappa shape index (κ3) is 6.71. The molecule has 222 valence electrons. The second-order valence-electron chi connectivity index (χ2n) is 10.3. The normalized spacial score (nSPS) is 15.5. The summed E-state index contributed by atoms with van der Waals surface area (Å²) >= 11 is 0. The fourth-order valence-corrected chi connectivity index (χ4v) is 5.77. The zero-order valence-corrected chi connectivity index (χ0v) is 23.9. The van der Waals surface area contributed by atoms with E-state index in [1.165, 1.54) is 35.2 Å². The van der Waals surface area contributed by atoms with Crippen molar-refractivity contribution in [2.45, 2.75) is 30.7 Å². The van der Waals surface area contributed by atoms with E-state index in [1.807, 2.05) is 0 Å². The third-order valence-corrected chi connectivity index (χ3v) is 8.51. The van der Waals surface area contributed by atoms with Crippen LogP contribution < -0.4 is 10.6 Å². The van der Waals surface area contributed by atoms with Gasteiger partial charge >= 0.3 is 0 Å². The lowest BCUT2D eigenvalue weighted by atomic mass is 9.92. The first-order valence-corrected chi connectivity index (χ1v) is 14.9. The van der Waals surface area contributed by atoms with Crippen molar-refractivity contribution >= 4 is 39.2 Å². The fraction of sp³-hybridized carbons (Fsp3) is 0.226. The molecule has 1 aliphatic carbocycles. The van der Waals surface area contributed by atoms with E-state index in [-0.39, 0.29) is 39.5 Å². The van der Waals surface area contributed by atoms with Gasteiger partial charge in [-0.3, -0.25) is 23.4 Å². The Hall–Kier alpha value is -4.68. The number of nitrogens with one attached hydrogen (secondary N) is 2. The summed E-state index contributed by atoms with van der Waals surface area (Å²) in [5.41, 5.74) is 1.63. The van der Waals surface area contributed by atoms with E-state index in [0.717, 1.165) is 11.6 Å². The molecule has 0 atom stereocenters. The van der Waals surface area contributed by atoms with Crippen LogP contribution in [0.1, 0.15) is 49.5 Å². The van der Waals surface area contributed by atoms with Gasteiger partial charge in [-0.15, -0.1) is 0 Å². The summed E-state index contributed by atoms with van der Waals surface area (Å²) in [6.45, 7) is 1.58. The Bertz CT molecular complexity index is 1750. The van der Waals surface area contributed by atoms with E-state index >= 15 is 0 Å². The molecule has 2 aliphatic rings. The van der Waals surface area contributed by atoms with E-state index in [9.17, 15) is 32.0 Å². The molecule has 0 spiro atoms. The molecule has 2 N–H and O–H groups in total. The van der Waals surface area contributed by atoms with Gasteiger partial charge in [0.15, 0.2) is 5.78 Å². The summed E-state index contributed by atoms with van der Waals surface area (Å²) in [5.74, 6) is -2.71. The van der Waals surface area contributed by atoms with Crippen molar-refractivity contribution in [3.8, 4) is 0 Å². The van der Waals surface area contributed by atoms with Crippen molar-refractivity contribution in [3.05, 3.63) is 107 Å². The molecule has 0 aromatic heterocycles. The number of rotatable bonds is 8. The lowest BCUT2D eigenvalue weighted by Gasteiger charge is -2.33. The second-order valence-corrected chi connectivity index (χ2v) is 11.9. The fourth-order valence-electron chi connectivity index (χ4n) is 4.91. The molecular formula is C31H28FN3O7S. The van der Waals surface area contributed by atoms with E-state index in [0.29, 0.717) is 37.1 Å². The van der Waals surface area contributed by atoms with E-state index in [4.69, 9.17) is 4.18 Å². The molecule has 1 heterocycles. The van der Waals surface area contributed by atoms with Gasteiger partial charge in [0.2, 0.25) is 5.78 Å². The zero-order chi connectivity index (χ0) is 30.7. The number of allylic oxidation sites excluding steroid dienone is 2. The Morgan fingerprint density at radius 1 is 0.977 bits per heavy atom. The lowest BCUT2D eigenvalue weighted by Crippen LogP contribution is -2.46. The first-order valence-electron chi connectivity index (χ1n) is 13.5. The Morgan fingerprint density at radius 3 is 2.33 bits per heavy atom. The van der Waals surface area contributed by atoms with Crippen LogP contribution in [0.5, 0.6) is 0 Å². The minimum absolute atomic E-state index is 0.0276. The number of ketones is 2. The molecule has 1 saturated heterocycles. The topological polar surface area (TPSA) is 139 Å². The summed E-state index contributed by atoms with van der Waals surface area (Å²) in [6, 6.07) is 16.0. The van der Waals surface area contributed by atoms with E-state index in [2.05, 4.69) is 10.6 Å². The SMILES string of the molecule is Cc1ccc(S(=O)(=O)OCC(=O)Nc2ccc(C(=O)N3CCC(NC4=CC(=O)c5ccccc5C4=O)CC3)c(F)c2)cc1. The molecule has 5 rings (SSSR count). The van der Waals surface area contributed by atoms with Gasteiger partial charge in [0.1, 0.15) is 12.4 Å². The maximum atomic E-state index is 14.9. The van der Waals surface area contributed by atoms with Crippen LogP contribution in [0.3, 0.4) is 0 Å². The molecule has 1 fully saturated rings. The smallest absolute Gasteiger partial charge is 0.297 e. The summed E-state index contributed by atoms with van der Waals surface area (Å²) < 4.78 is 44.3. The Balaban J connectivity index is 1.13. The number of nitrogens with zero attached hydrogens (tertiary/aromatic N) is 1. The molecule has 10 nitrogen and oxygen atoms in total. The van der Waals surface area contributed by atoms with Crippen LogP contribution >= 0.6 is 0 Å². The van der Waals surface area contributed by atoms with Crippen LogP contribution in [0.15, 0.2) is 83.4 Å². The van der Waals surface area contributed by atoms with Crippen molar-refractivity contribution in [2.75, 3.05) is 25.0 Å². The molecular weight excluding hydrogens is 577 g/mol. The van der Waals surface area contributed by atoms with E-state index in [1.54, 1.807) is 43.3 Å². The predicted molar refractivity (Wildman–Crippen MR) is 155 cm³/mol. The molecule has 2 amide bonds. The summed E-state index contributed by atoms with van der Waals surface area (Å²) in [6.07, 6.45) is 2.26. The number of anilines is 1. The van der Waals surface area contributed by atoms with Crippen LogP contribution in [0.25, 0.3) is 0 Å². The number of amides is 2. The van der Waals surface area contributed by atoms with Crippen LogP contribution in [0.2, 0.25) is 0 Å². The highest BCUT2D eigenvalue weighted by atomic mass is 32.2. The molecule has 0 bridgehead atoms. The van der Waals surface area contributed by atoms with Crippen molar-refractivity contribution in [1.82, 2.24) is 10.2 Å². The van der Waals surface area contributed by atoms with Crippen LogP contribution in [-0.2, 0) is 19.1 Å². The maximum absolute atomic E-state index is 14.9. The molecule has 3 aromatic carbocycles. The maximum Gasteiger partial charge on any atom is 0.297 e. The number of benzene rings is 3. The number of piperidine rings is 1. The highest BCUT2D eigenvalue weighted by Gasteiger charge is 2.30. The summed E-state index contributed by atoms with van der Waals surface area (Å²) in [7, 11) is -4.16. The molecule has 0 saturated carbocycles. The van der Waals surface area contributed by atoms with Crippen LogP contribution in [0, 0.1) is 12.7 Å². The molecule has 3 aromatic rings. The molecule has 1 aliphatic heterocycles. The van der Waals surface area contributed by atoms with Gasteiger partial charge in [-0.05, 0) is 50.1 Å². The number of carbonyl (C=O) groups is 4. The van der Waals surface area contributed by atoms with Gasteiger partial charge in [-0.2, -0.15) is 8.42 Å². The van der Waals surface area contributed by atoms with Crippen molar-refractivity contribution in [3.63, 3.8) is 0 Å². The number of carbonyl (C=O) groups excluding carboxylic acids is 4. The predicted octanol–water partition coefficient (Wildman–Crippen LogP) is 3.64. The highest BCUT2D eigenvalue weighted by molar-refractivity contribution is 7.86. The van der Waals surface area contributed by atoms with Gasteiger partial charge in [-0.1, -0.05) is 42.0 Å². The first-order chi connectivity index (χ1) is 20.5. The monoisotopic (exact) mass is 605 g/mol. The molecule has 12 heteroatoms. The zero-order valence-electron chi connectivity index (χ0n) is 23.1. The summed E-state index contributed by atoms with van der Waals surface area (Å²) in [5, 5.41) is 5.50. The van der Waals surface area contributed by atoms with Gasteiger partial charge in [0.05, 0.1) is 16.2 Å². The number of fused-ring (bicyclic) bond motifs is 1. The number of hydrogen-bond donors (Lipinski definition) is 2. The van der Waals surface area contributed by atoms with Crippen molar-refractivity contribution in [2.24, 2.45) is 0 Å². The van der Waals surface area contributed by atoms with Crippen LogP contribution in [0.4, 0.5) is 10.1 Å². The van der Waals surface area contributed by atoms with Gasteiger partial charge in [0.25, 0.3) is 21.9 Å². The molecule has 0 radical (unpaired) electrons. The van der Waals surface area contributed by atoms with Crippen LogP contribution in [-0.4, -0.2) is 62.4 Å². The first kappa shape index (κ1) is 29.8. The number of Topliss-reactive ketones (excluding diaryl/α,β-unsaturated/α-hetero) is 1. The number of hydrogen-bond acceptors (Lipinski definition) is 8. The van der Waals surface area contributed by atoms with Gasteiger partial charge in [0, 0.05) is 42.0 Å². The largest absolute Gasteiger partial charge is 0.379 e. The average molecular weight is 606 g/mol. The number of halogens is 1. The molecule has 0 unspecified atom stereocenters.